The van der Waals surface area contributed by atoms with Gasteiger partial charge in [0.15, 0.2) is 0 Å². The molecule has 0 bridgehead atoms. The van der Waals surface area contributed by atoms with Crippen molar-refractivity contribution in [1.82, 2.24) is 0 Å². The molecule has 0 aliphatic heterocycles. The van der Waals surface area contributed by atoms with Crippen molar-refractivity contribution < 1.29 is 4.39 Å². The highest BCUT2D eigenvalue weighted by Crippen LogP contribution is 2.13. The highest BCUT2D eigenvalue weighted by molar-refractivity contribution is 5.44. The average Bonchev–Trinajstić information content (AvgIpc) is 2.14. The van der Waals surface area contributed by atoms with Crippen LogP contribution in [0.25, 0.3) is 0 Å². The Labute approximate surface area is 84.3 Å². The Hall–Kier alpha value is -1.09. The Morgan fingerprint density at radius 3 is 2.64 bits per heavy atom. The summed E-state index contributed by atoms with van der Waals surface area (Å²) in [6.45, 7) is 4.72. The van der Waals surface area contributed by atoms with Crippen molar-refractivity contribution in [1.29, 1.82) is 0 Å². The van der Waals surface area contributed by atoms with Gasteiger partial charge in [0.2, 0.25) is 0 Å². The van der Waals surface area contributed by atoms with Gasteiger partial charge in [-0.1, -0.05) is 19.9 Å². The van der Waals surface area contributed by atoms with Gasteiger partial charge in [-0.15, -0.1) is 0 Å². The van der Waals surface area contributed by atoms with Crippen LogP contribution in [-0.2, 0) is 0 Å². The minimum atomic E-state index is -0.227. The Balaban J connectivity index is 2.67. The minimum Gasteiger partial charge on any atom is -0.381 e. The van der Waals surface area contributed by atoms with Gasteiger partial charge in [-0.25, -0.2) is 4.39 Å². The van der Waals surface area contributed by atoms with Crippen molar-refractivity contribution in [3.63, 3.8) is 0 Å². The van der Waals surface area contributed by atoms with E-state index in [0.29, 0.717) is 12.5 Å². The molecule has 0 aliphatic rings. The molecule has 0 saturated heterocycles. The van der Waals surface area contributed by atoms with Crippen molar-refractivity contribution in [2.24, 2.45) is 11.7 Å². The maximum Gasteiger partial charge on any atom is 0.125 e. The lowest BCUT2D eigenvalue weighted by molar-refractivity contribution is 0.531. The fraction of sp³-hybridized carbons (Fsp3) is 0.455. The molecule has 0 heterocycles. The third kappa shape index (κ3) is 3.00. The summed E-state index contributed by atoms with van der Waals surface area (Å²) in [5.74, 6) is 0.206. The van der Waals surface area contributed by atoms with Crippen LogP contribution in [-0.4, -0.2) is 12.6 Å². The monoisotopic (exact) mass is 196 g/mol. The molecule has 78 valence electrons. The Bertz CT molecular complexity index is 286. The van der Waals surface area contributed by atoms with Crippen LogP contribution < -0.4 is 11.1 Å². The highest BCUT2D eigenvalue weighted by Gasteiger charge is 2.10. The van der Waals surface area contributed by atoms with Gasteiger partial charge >= 0.3 is 0 Å². The van der Waals surface area contributed by atoms with E-state index in [-0.39, 0.29) is 11.9 Å². The topological polar surface area (TPSA) is 38.0 Å². The molecule has 1 rings (SSSR count). The third-order valence-corrected chi connectivity index (χ3v) is 2.24. The molecule has 0 fully saturated rings. The predicted octanol–water partition coefficient (Wildman–Crippen LogP) is 2.22. The minimum absolute atomic E-state index is 0.191. The number of nitrogens with one attached hydrogen (secondary N) is 1. The van der Waals surface area contributed by atoms with Crippen molar-refractivity contribution in [2.75, 3.05) is 11.9 Å². The lowest BCUT2D eigenvalue weighted by atomic mass is 10.0. The molecule has 3 N–H and O–H groups in total. The van der Waals surface area contributed by atoms with Crippen LogP contribution in [0.2, 0.25) is 0 Å². The van der Waals surface area contributed by atoms with E-state index in [9.17, 15) is 4.39 Å². The maximum atomic E-state index is 12.9. The summed E-state index contributed by atoms with van der Waals surface area (Å²) in [6, 6.07) is 6.62. The molecule has 0 aromatic heterocycles. The fourth-order valence-electron chi connectivity index (χ4n) is 1.29. The lowest BCUT2D eigenvalue weighted by Gasteiger charge is -2.21. The molecule has 1 aromatic rings. The second kappa shape index (κ2) is 4.96. The fourth-order valence-corrected chi connectivity index (χ4v) is 1.29. The summed E-state index contributed by atoms with van der Waals surface area (Å²) in [5.41, 5.74) is 6.39. The summed E-state index contributed by atoms with van der Waals surface area (Å²) >= 11 is 0. The van der Waals surface area contributed by atoms with E-state index in [1.807, 2.05) is 6.07 Å². The first-order valence-electron chi connectivity index (χ1n) is 4.85. The van der Waals surface area contributed by atoms with E-state index in [2.05, 4.69) is 19.2 Å². The molecule has 0 amide bonds. The van der Waals surface area contributed by atoms with Gasteiger partial charge in [-0.2, -0.15) is 0 Å². The van der Waals surface area contributed by atoms with E-state index in [4.69, 9.17) is 5.73 Å². The summed E-state index contributed by atoms with van der Waals surface area (Å²) in [7, 11) is 0. The predicted molar refractivity (Wildman–Crippen MR) is 57.7 cm³/mol. The van der Waals surface area contributed by atoms with Gasteiger partial charge in [0.1, 0.15) is 5.82 Å². The molecule has 0 spiro atoms. The molecule has 1 atom stereocenters. The number of halogens is 1. The standard InChI is InChI=1S/C11H17FN2/c1-8(2)11(7-13)14-10-5-3-4-9(12)6-10/h3-6,8,11,14H,7,13H2,1-2H3. The average molecular weight is 196 g/mol. The SMILES string of the molecule is CC(C)C(CN)Nc1cccc(F)c1. The smallest absolute Gasteiger partial charge is 0.125 e. The zero-order valence-electron chi connectivity index (χ0n) is 8.63. The molecule has 0 aliphatic carbocycles. The largest absolute Gasteiger partial charge is 0.381 e. The number of hydrogen-bond acceptors (Lipinski definition) is 2. The Morgan fingerprint density at radius 1 is 1.43 bits per heavy atom. The second-order valence-electron chi connectivity index (χ2n) is 3.74. The Morgan fingerprint density at radius 2 is 2.14 bits per heavy atom. The second-order valence-corrected chi connectivity index (χ2v) is 3.74. The quantitative estimate of drug-likeness (QED) is 0.775. The Kier molecular flexibility index (Phi) is 3.89. The number of anilines is 1. The first-order chi connectivity index (χ1) is 6.63. The van der Waals surface area contributed by atoms with Crippen LogP contribution in [0.1, 0.15) is 13.8 Å². The van der Waals surface area contributed by atoms with Crippen LogP contribution in [0.3, 0.4) is 0 Å². The van der Waals surface area contributed by atoms with Gasteiger partial charge in [0.05, 0.1) is 0 Å². The molecule has 14 heavy (non-hydrogen) atoms. The van der Waals surface area contributed by atoms with E-state index in [0.717, 1.165) is 5.69 Å². The van der Waals surface area contributed by atoms with Crippen molar-refractivity contribution in [3.8, 4) is 0 Å². The van der Waals surface area contributed by atoms with E-state index < -0.39 is 0 Å². The van der Waals surface area contributed by atoms with Crippen molar-refractivity contribution in [3.05, 3.63) is 30.1 Å². The van der Waals surface area contributed by atoms with Gasteiger partial charge in [0, 0.05) is 18.3 Å². The summed E-state index contributed by atoms with van der Waals surface area (Å²) in [5, 5.41) is 3.20. The van der Waals surface area contributed by atoms with Crippen LogP contribution in [0.5, 0.6) is 0 Å². The number of hydrogen-bond donors (Lipinski definition) is 2. The van der Waals surface area contributed by atoms with E-state index in [1.54, 1.807) is 6.07 Å². The van der Waals surface area contributed by atoms with E-state index >= 15 is 0 Å². The van der Waals surface area contributed by atoms with Crippen LogP contribution in [0.15, 0.2) is 24.3 Å². The molecule has 1 aromatic carbocycles. The molecule has 2 nitrogen and oxygen atoms in total. The summed E-state index contributed by atoms with van der Waals surface area (Å²) in [6.07, 6.45) is 0. The molecular formula is C11H17FN2. The van der Waals surface area contributed by atoms with Crippen LogP contribution >= 0.6 is 0 Å². The van der Waals surface area contributed by atoms with Gasteiger partial charge < -0.3 is 11.1 Å². The zero-order valence-corrected chi connectivity index (χ0v) is 8.63. The van der Waals surface area contributed by atoms with Crippen molar-refractivity contribution >= 4 is 5.69 Å². The summed E-state index contributed by atoms with van der Waals surface area (Å²) < 4.78 is 12.9. The maximum absolute atomic E-state index is 12.9. The number of benzene rings is 1. The van der Waals surface area contributed by atoms with Crippen LogP contribution in [0.4, 0.5) is 10.1 Å². The number of nitrogens with two attached hydrogens (primary N) is 1. The highest BCUT2D eigenvalue weighted by atomic mass is 19.1. The first-order valence-corrected chi connectivity index (χ1v) is 4.85. The molecule has 3 heteroatoms. The first kappa shape index (κ1) is 11.0. The van der Waals surface area contributed by atoms with Crippen LogP contribution in [0, 0.1) is 11.7 Å². The normalized spacial score (nSPS) is 12.9. The summed E-state index contributed by atoms with van der Waals surface area (Å²) in [4.78, 5) is 0. The van der Waals surface area contributed by atoms with Gasteiger partial charge in [0.25, 0.3) is 0 Å². The third-order valence-electron chi connectivity index (χ3n) is 2.24. The molecule has 1 unspecified atom stereocenters. The zero-order chi connectivity index (χ0) is 10.6. The van der Waals surface area contributed by atoms with Gasteiger partial charge in [-0.3, -0.25) is 0 Å². The lowest BCUT2D eigenvalue weighted by Crippen LogP contribution is -2.33. The van der Waals surface area contributed by atoms with Gasteiger partial charge in [-0.05, 0) is 24.1 Å². The molecule has 0 radical (unpaired) electrons. The van der Waals surface area contributed by atoms with E-state index in [1.165, 1.54) is 12.1 Å². The molecule has 0 saturated carbocycles. The molecular weight excluding hydrogens is 179 g/mol. The number of rotatable bonds is 4. The van der Waals surface area contributed by atoms with Crippen molar-refractivity contribution in [2.45, 2.75) is 19.9 Å².